The van der Waals surface area contributed by atoms with E-state index in [1.807, 2.05) is 0 Å². The third-order valence-electron chi connectivity index (χ3n) is 1.52. The van der Waals surface area contributed by atoms with Crippen LogP contribution in [0.2, 0.25) is 0 Å². The standard InChI is InChI=1S/C8H19N3OS/c9-8(11-5-7-13)10-4-2-1-3-6-12/h12-13H,1-7H2,(H3,9,10,11). The van der Waals surface area contributed by atoms with E-state index in [1.165, 1.54) is 0 Å². The Morgan fingerprint density at radius 2 is 2.15 bits per heavy atom. The summed E-state index contributed by atoms with van der Waals surface area (Å²) in [5.41, 5.74) is 5.53. The van der Waals surface area contributed by atoms with Gasteiger partial charge in [0.05, 0.1) is 0 Å². The number of aliphatic hydroxyl groups is 1. The molecule has 0 aliphatic carbocycles. The highest BCUT2D eigenvalue weighted by Crippen LogP contribution is 1.93. The smallest absolute Gasteiger partial charge is 0.188 e. The molecule has 0 aromatic heterocycles. The molecule has 0 aromatic carbocycles. The molecular weight excluding hydrogens is 186 g/mol. The van der Waals surface area contributed by atoms with E-state index in [1.54, 1.807) is 0 Å². The van der Waals surface area contributed by atoms with Crippen molar-refractivity contribution in [1.82, 2.24) is 5.32 Å². The zero-order valence-corrected chi connectivity index (χ0v) is 8.76. The average molecular weight is 205 g/mol. The van der Waals surface area contributed by atoms with Crippen LogP contribution in [0.15, 0.2) is 4.99 Å². The number of nitrogens with zero attached hydrogens (tertiary/aromatic N) is 1. The summed E-state index contributed by atoms with van der Waals surface area (Å²) in [6.45, 7) is 1.73. The molecule has 0 aliphatic heterocycles. The molecule has 4 nitrogen and oxygen atoms in total. The molecule has 0 aromatic rings. The molecule has 0 atom stereocenters. The Morgan fingerprint density at radius 1 is 1.38 bits per heavy atom. The molecule has 0 radical (unpaired) electrons. The van der Waals surface area contributed by atoms with E-state index < -0.39 is 0 Å². The van der Waals surface area contributed by atoms with Crippen molar-refractivity contribution in [3.05, 3.63) is 0 Å². The maximum atomic E-state index is 8.51. The molecule has 0 saturated carbocycles. The first-order valence-corrected chi connectivity index (χ1v) is 5.20. The largest absolute Gasteiger partial charge is 0.396 e. The number of hydrogen-bond donors (Lipinski definition) is 4. The van der Waals surface area contributed by atoms with Crippen molar-refractivity contribution in [2.45, 2.75) is 19.3 Å². The maximum absolute atomic E-state index is 8.51. The minimum atomic E-state index is 0.261. The number of guanidine groups is 1. The topological polar surface area (TPSA) is 70.6 Å². The van der Waals surface area contributed by atoms with Gasteiger partial charge in [0.15, 0.2) is 5.96 Å². The van der Waals surface area contributed by atoms with Crippen molar-refractivity contribution in [2.75, 3.05) is 25.4 Å². The molecule has 0 bridgehead atoms. The van der Waals surface area contributed by atoms with Gasteiger partial charge in [-0.05, 0) is 19.3 Å². The van der Waals surface area contributed by atoms with Crippen molar-refractivity contribution in [3.8, 4) is 0 Å². The minimum Gasteiger partial charge on any atom is -0.396 e. The van der Waals surface area contributed by atoms with E-state index in [9.17, 15) is 0 Å². The number of rotatable bonds is 7. The van der Waals surface area contributed by atoms with Gasteiger partial charge >= 0.3 is 0 Å². The normalized spacial score (nSPS) is 11.7. The molecule has 0 saturated heterocycles. The van der Waals surface area contributed by atoms with Gasteiger partial charge in [0.25, 0.3) is 0 Å². The average Bonchev–Trinajstić information content (AvgIpc) is 2.14. The first-order valence-electron chi connectivity index (χ1n) is 4.56. The van der Waals surface area contributed by atoms with E-state index in [-0.39, 0.29) is 6.61 Å². The van der Waals surface area contributed by atoms with Gasteiger partial charge in [0, 0.05) is 25.4 Å². The van der Waals surface area contributed by atoms with Crippen LogP contribution >= 0.6 is 12.6 Å². The lowest BCUT2D eigenvalue weighted by molar-refractivity contribution is 0.283. The van der Waals surface area contributed by atoms with Crippen LogP contribution in [0.1, 0.15) is 19.3 Å². The third kappa shape index (κ3) is 9.49. The Labute approximate surface area is 85.0 Å². The number of nitrogens with two attached hydrogens (primary N) is 1. The van der Waals surface area contributed by atoms with E-state index in [0.29, 0.717) is 5.96 Å². The van der Waals surface area contributed by atoms with Crippen LogP contribution in [0.3, 0.4) is 0 Å². The molecule has 78 valence electrons. The molecule has 0 fully saturated rings. The second-order valence-electron chi connectivity index (χ2n) is 2.70. The summed E-state index contributed by atoms with van der Waals surface area (Å²) in [5, 5.41) is 11.4. The highest BCUT2D eigenvalue weighted by atomic mass is 32.1. The summed E-state index contributed by atoms with van der Waals surface area (Å²) < 4.78 is 0. The van der Waals surface area contributed by atoms with Gasteiger partial charge in [0.1, 0.15) is 0 Å². The number of thiol groups is 1. The minimum absolute atomic E-state index is 0.261. The van der Waals surface area contributed by atoms with Crippen LogP contribution in [0.5, 0.6) is 0 Å². The van der Waals surface area contributed by atoms with E-state index in [4.69, 9.17) is 10.8 Å². The van der Waals surface area contributed by atoms with Gasteiger partial charge < -0.3 is 16.2 Å². The Bertz CT molecular complexity index is 141. The fourth-order valence-corrected chi connectivity index (χ4v) is 0.952. The van der Waals surface area contributed by atoms with Crippen LogP contribution in [0, 0.1) is 0 Å². The molecule has 0 heterocycles. The van der Waals surface area contributed by atoms with Crippen molar-refractivity contribution >= 4 is 18.6 Å². The van der Waals surface area contributed by atoms with Crippen molar-refractivity contribution < 1.29 is 5.11 Å². The Balaban J connectivity index is 3.25. The summed E-state index contributed by atoms with van der Waals surface area (Å²) in [5.74, 6) is 1.24. The predicted octanol–water partition coefficient (Wildman–Crippen LogP) is -0.0169. The molecule has 5 heteroatoms. The van der Waals surface area contributed by atoms with Crippen LogP contribution < -0.4 is 11.1 Å². The molecule has 4 N–H and O–H groups in total. The van der Waals surface area contributed by atoms with Gasteiger partial charge in [-0.25, -0.2) is 0 Å². The van der Waals surface area contributed by atoms with Gasteiger partial charge in [-0.2, -0.15) is 12.6 Å². The molecule has 0 amide bonds. The summed E-state index contributed by atoms with van der Waals surface area (Å²) in [4.78, 5) is 4.10. The predicted molar refractivity (Wildman–Crippen MR) is 59.3 cm³/mol. The molecule has 0 unspecified atom stereocenters. The second-order valence-corrected chi connectivity index (χ2v) is 3.15. The Kier molecular flexibility index (Phi) is 9.35. The number of hydrogen-bond acceptors (Lipinski definition) is 3. The Hall–Kier alpha value is -0.420. The first-order chi connectivity index (χ1) is 6.31. The van der Waals surface area contributed by atoms with Gasteiger partial charge in [-0.3, -0.25) is 4.99 Å². The highest BCUT2D eigenvalue weighted by molar-refractivity contribution is 7.80. The highest BCUT2D eigenvalue weighted by Gasteiger charge is 1.89. The lowest BCUT2D eigenvalue weighted by Gasteiger charge is -2.02. The van der Waals surface area contributed by atoms with Gasteiger partial charge in [-0.1, -0.05) is 0 Å². The number of nitrogens with one attached hydrogen (secondary N) is 1. The maximum Gasteiger partial charge on any atom is 0.188 e. The zero-order valence-electron chi connectivity index (χ0n) is 7.87. The van der Waals surface area contributed by atoms with Crippen molar-refractivity contribution in [3.63, 3.8) is 0 Å². The number of aliphatic imine (C=N–C) groups is 1. The van der Waals surface area contributed by atoms with Crippen LogP contribution in [-0.4, -0.2) is 36.5 Å². The van der Waals surface area contributed by atoms with E-state index in [0.717, 1.165) is 38.1 Å². The van der Waals surface area contributed by atoms with Gasteiger partial charge in [0.2, 0.25) is 0 Å². The monoisotopic (exact) mass is 205 g/mol. The lowest BCUT2D eigenvalue weighted by Crippen LogP contribution is -2.33. The van der Waals surface area contributed by atoms with Crippen molar-refractivity contribution in [2.24, 2.45) is 10.7 Å². The lowest BCUT2D eigenvalue weighted by atomic mass is 10.2. The molecule has 0 aliphatic rings. The quantitative estimate of drug-likeness (QED) is 0.204. The second kappa shape index (κ2) is 9.67. The summed E-state index contributed by atoms with van der Waals surface area (Å²) in [6, 6.07) is 0. The third-order valence-corrected chi connectivity index (χ3v) is 1.74. The molecule has 13 heavy (non-hydrogen) atoms. The Morgan fingerprint density at radius 3 is 2.77 bits per heavy atom. The summed E-state index contributed by atoms with van der Waals surface area (Å²) in [7, 11) is 0. The van der Waals surface area contributed by atoms with E-state index >= 15 is 0 Å². The summed E-state index contributed by atoms with van der Waals surface area (Å²) in [6.07, 6.45) is 2.82. The van der Waals surface area contributed by atoms with E-state index in [2.05, 4.69) is 22.9 Å². The SMILES string of the molecule is NC(=NCCCCCO)NCCS. The van der Waals surface area contributed by atoms with Gasteiger partial charge in [-0.15, -0.1) is 0 Å². The van der Waals surface area contributed by atoms with Crippen molar-refractivity contribution in [1.29, 1.82) is 0 Å². The first kappa shape index (κ1) is 12.6. The number of aliphatic hydroxyl groups excluding tert-OH is 1. The van der Waals surface area contributed by atoms with Crippen LogP contribution in [0.4, 0.5) is 0 Å². The molecule has 0 rings (SSSR count). The molecule has 0 spiro atoms. The van der Waals surface area contributed by atoms with Crippen LogP contribution in [0.25, 0.3) is 0 Å². The fraction of sp³-hybridized carbons (Fsp3) is 0.875. The summed E-state index contributed by atoms with van der Waals surface area (Å²) >= 11 is 4.03. The molecular formula is C8H19N3OS. The fourth-order valence-electron chi connectivity index (χ4n) is 0.840. The zero-order chi connectivity index (χ0) is 9.94. The number of unbranched alkanes of at least 4 members (excludes halogenated alkanes) is 2. The van der Waals surface area contributed by atoms with Crippen LogP contribution in [-0.2, 0) is 0 Å².